The van der Waals surface area contributed by atoms with E-state index in [1.165, 1.54) is 11.6 Å². The Hall–Kier alpha value is -3.82. The molecule has 2 N–H and O–H groups in total. The van der Waals surface area contributed by atoms with Crippen molar-refractivity contribution >= 4 is 6.21 Å². The molecule has 0 aliphatic rings. The van der Waals surface area contributed by atoms with Crippen LogP contribution < -0.4 is 16.0 Å². The third-order valence-electron chi connectivity index (χ3n) is 4.80. The number of hydrogen-bond donors (Lipinski definition) is 2. The number of benzene rings is 2. The number of halogens is 3. The molecule has 0 aliphatic heterocycles. The number of aromatic amines is 1. The summed E-state index contributed by atoms with van der Waals surface area (Å²) in [6.45, 7) is 2.69. The first kappa shape index (κ1) is 23.8. The van der Waals surface area contributed by atoms with Crippen molar-refractivity contribution in [3.63, 3.8) is 0 Å². The van der Waals surface area contributed by atoms with Crippen LogP contribution >= 0.6 is 0 Å². The van der Waals surface area contributed by atoms with Gasteiger partial charge in [0.25, 0.3) is 5.56 Å². The highest BCUT2D eigenvalue weighted by Crippen LogP contribution is 2.30. The molecule has 0 saturated heterocycles. The van der Waals surface area contributed by atoms with Gasteiger partial charge in [-0.3, -0.25) is 14.8 Å². The van der Waals surface area contributed by atoms with Crippen molar-refractivity contribution in [2.24, 2.45) is 4.99 Å². The van der Waals surface area contributed by atoms with Gasteiger partial charge in [-0.2, -0.15) is 13.2 Å². The molecular formula is C23H22F3N3O4. The van der Waals surface area contributed by atoms with E-state index in [2.05, 4.69) is 11.9 Å². The fourth-order valence-electron chi connectivity index (χ4n) is 3.04. The Morgan fingerprint density at radius 3 is 2.55 bits per heavy atom. The van der Waals surface area contributed by atoms with Crippen LogP contribution in [-0.2, 0) is 12.6 Å². The van der Waals surface area contributed by atoms with Gasteiger partial charge < -0.3 is 9.84 Å². The smallest absolute Gasteiger partial charge is 0.416 e. The molecule has 0 bridgehead atoms. The average Bonchev–Trinajstić information content (AvgIpc) is 2.78. The number of hydrogen-bond acceptors (Lipinski definition) is 5. The molecule has 3 rings (SSSR count). The largest absolute Gasteiger partial charge is 0.494 e. The molecule has 1 aromatic heterocycles. The molecule has 10 heteroatoms. The number of nitrogens with zero attached hydrogens (tertiary/aromatic N) is 2. The molecule has 1 heterocycles. The zero-order chi connectivity index (χ0) is 24.0. The van der Waals surface area contributed by atoms with E-state index < -0.39 is 28.9 Å². The number of alkyl halides is 3. The third-order valence-corrected chi connectivity index (χ3v) is 4.80. The van der Waals surface area contributed by atoms with E-state index >= 15 is 0 Å². The van der Waals surface area contributed by atoms with Gasteiger partial charge in [0.05, 0.1) is 17.9 Å². The van der Waals surface area contributed by atoms with E-state index in [1.807, 2.05) is 29.2 Å². The Morgan fingerprint density at radius 1 is 1.15 bits per heavy atom. The first-order valence-electron chi connectivity index (χ1n) is 10.2. The van der Waals surface area contributed by atoms with Crippen LogP contribution in [0.15, 0.2) is 63.1 Å². The van der Waals surface area contributed by atoms with Crippen molar-refractivity contribution < 1.29 is 23.0 Å². The molecule has 3 aromatic rings. The SMILES string of the molecule is CCc1ccc(OCCCN=Cc2c(O)n(-c3cccc(C(F)(F)F)c3)c(=O)[nH]c2=O)cc1. The normalized spacial score (nSPS) is 11.8. The number of H-pyrrole nitrogens is 1. The molecule has 0 spiro atoms. The lowest BCUT2D eigenvalue weighted by Crippen LogP contribution is -2.31. The second-order valence-corrected chi connectivity index (χ2v) is 7.11. The maximum Gasteiger partial charge on any atom is 0.416 e. The van der Waals surface area contributed by atoms with Gasteiger partial charge in [-0.05, 0) is 42.3 Å². The zero-order valence-corrected chi connectivity index (χ0v) is 17.7. The van der Waals surface area contributed by atoms with Gasteiger partial charge in [0.15, 0.2) is 0 Å². The van der Waals surface area contributed by atoms with Crippen LogP contribution in [0.5, 0.6) is 11.6 Å². The van der Waals surface area contributed by atoms with E-state index in [0.29, 0.717) is 23.7 Å². The maximum absolute atomic E-state index is 13.0. The third kappa shape index (κ3) is 5.91. The Balaban J connectivity index is 1.71. The van der Waals surface area contributed by atoms with Crippen molar-refractivity contribution in [3.05, 3.63) is 86.1 Å². The van der Waals surface area contributed by atoms with Crippen LogP contribution in [0.2, 0.25) is 0 Å². The summed E-state index contributed by atoms with van der Waals surface area (Å²) in [6.07, 6.45) is -2.12. The van der Waals surface area contributed by atoms with Crippen molar-refractivity contribution in [2.45, 2.75) is 25.9 Å². The van der Waals surface area contributed by atoms with Gasteiger partial charge in [0.2, 0.25) is 5.88 Å². The number of aryl methyl sites for hydroxylation is 1. The van der Waals surface area contributed by atoms with Crippen LogP contribution in [0.1, 0.15) is 30.0 Å². The average molecular weight is 461 g/mol. The van der Waals surface area contributed by atoms with Gasteiger partial charge in [-0.25, -0.2) is 9.36 Å². The Kier molecular flexibility index (Phi) is 7.37. The molecule has 174 valence electrons. The molecule has 33 heavy (non-hydrogen) atoms. The second kappa shape index (κ2) is 10.2. The minimum atomic E-state index is -4.64. The predicted molar refractivity (Wildman–Crippen MR) is 118 cm³/mol. The first-order chi connectivity index (χ1) is 15.7. The number of aromatic nitrogens is 2. The summed E-state index contributed by atoms with van der Waals surface area (Å²) < 4.78 is 45.2. The molecule has 0 fully saturated rings. The van der Waals surface area contributed by atoms with Gasteiger partial charge in [0, 0.05) is 19.2 Å². The van der Waals surface area contributed by atoms with E-state index in [1.54, 1.807) is 0 Å². The van der Waals surface area contributed by atoms with Gasteiger partial charge in [-0.1, -0.05) is 25.1 Å². The first-order valence-corrected chi connectivity index (χ1v) is 10.2. The summed E-state index contributed by atoms with van der Waals surface area (Å²) in [5, 5.41) is 10.4. The van der Waals surface area contributed by atoms with Gasteiger partial charge in [0.1, 0.15) is 11.3 Å². The van der Waals surface area contributed by atoms with E-state index in [-0.39, 0.29) is 17.8 Å². The zero-order valence-electron chi connectivity index (χ0n) is 17.7. The minimum absolute atomic E-state index is 0.249. The summed E-state index contributed by atoms with van der Waals surface area (Å²) in [4.78, 5) is 30.3. The quantitative estimate of drug-likeness (QED) is 0.395. The molecular weight excluding hydrogens is 439 g/mol. The van der Waals surface area contributed by atoms with Crippen molar-refractivity contribution in [3.8, 4) is 17.3 Å². The van der Waals surface area contributed by atoms with E-state index in [9.17, 15) is 27.9 Å². The lowest BCUT2D eigenvalue weighted by atomic mass is 10.2. The van der Waals surface area contributed by atoms with Gasteiger partial charge in [-0.15, -0.1) is 0 Å². The fourth-order valence-corrected chi connectivity index (χ4v) is 3.04. The Labute approximate surface area is 186 Å². The number of aromatic hydroxyl groups is 1. The highest BCUT2D eigenvalue weighted by molar-refractivity contribution is 5.82. The molecule has 0 radical (unpaired) electrons. The highest BCUT2D eigenvalue weighted by Gasteiger charge is 2.31. The van der Waals surface area contributed by atoms with E-state index in [0.717, 1.165) is 30.5 Å². The maximum atomic E-state index is 13.0. The minimum Gasteiger partial charge on any atom is -0.494 e. The van der Waals surface area contributed by atoms with Crippen LogP contribution in [0, 0.1) is 0 Å². The molecule has 0 unspecified atom stereocenters. The lowest BCUT2D eigenvalue weighted by Gasteiger charge is -2.12. The fraction of sp³-hybridized carbons (Fsp3) is 0.261. The van der Waals surface area contributed by atoms with Crippen LogP contribution in [0.25, 0.3) is 5.69 Å². The number of aliphatic imine (C=N–C) groups is 1. The molecule has 7 nitrogen and oxygen atoms in total. The van der Waals surface area contributed by atoms with Crippen LogP contribution in [-0.4, -0.2) is 34.0 Å². The van der Waals surface area contributed by atoms with E-state index in [4.69, 9.17) is 4.74 Å². The predicted octanol–water partition coefficient (Wildman–Crippen LogP) is 3.70. The van der Waals surface area contributed by atoms with Crippen molar-refractivity contribution in [1.29, 1.82) is 0 Å². The summed E-state index contributed by atoms with van der Waals surface area (Å²) in [6, 6.07) is 11.5. The van der Waals surface area contributed by atoms with Crippen LogP contribution in [0.3, 0.4) is 0 Å². The monoisotopic (exact) mass is 461 g/mol. The summed E-state index contributed by atoms with van der Waals surface area (Å²) in [5.74, 6) is -0.0856. The Bertz CT molecular complexity index is 1250. The van der Waals surface area contributed by atoms with Crippen molar-refractivity contribution in [2.75, 3.05) is 13.2 Å². The molecule has 2 aromatic carbocycles. The summed E-state index contributed by atoms with van der Waals surface area (Å²) in [5.41, 5.74) is -2.38. The number of ether oxygens (including phenoxy) is 1. The second-order valence-electron chi connectivity index (χ2n) is 7.11. The number of rotatable bonds is 8. The molecule has 0 saturated carbocycles. The Morgan fingerprint density at radius 2 is 1.88 bits per heavy atom. The molecule has 0 amide bonds. The summed E-state index contributed by atoms with van der Waals surface area (Å²) in [7, 11) is 0. The standard InChI is InChI=1S/C23H22F3N3O4/c1-2-15-7-9-18(10-8-15)33-12-4-11-27-14-19-20(30)28-22(32)29(21(19)31)17-6-3-5-16(13-17)23(24,25)26/h3,5-10,13-14,31H,2,4,11-12H2,1H3,(H,28,30,32). The lowest BCUT2D eigenvalue weighted by molar-refractivity contribution is -0.137. The highest BCUT2D eigenvalue weighted by atomic mass is 19.4. The van der Waals surface area contributed by atoms with Gasteiger partial charge >= 0.3 is 11.9 Å². The van der Waals surface area contributed by atoms with Crippen LogP contribution in [0.4, 0.5) is 13.2 Å². The molecule has 0 aliphatic carbocycles. The number of nitrogens with one attached hydrogen (secondary N) is 1. The van der Waals surface area contributed by atoms with Crippen molar-refractivity contribution in [1.82, 2.24) is 9.55 Å². The summed E-state index contributed by atoms with van der Waals surface area (Å²) >= 11 is 0. The topological polar surface area (TPSA) is 96.7 Å². The molecule has 0 atom stereocenters.